The molecule has 0 bridgehead atoms. The van der Waals surface area contributed by atoms with Crippen molar-refractivity contribution < 1.29 is 26.7 Å². The average molecular weight is 435 g/mol. The lowest BCUT2D eigenvalue weighted by molar-refractivity contribution is -0.289. The lowest BCUT2D eigenvalue weighted by atomic mass is 10.0. The highest BCUT2D eigenvalue weighted by atomic mass is 19.4. The Kier molecular flexibility index (Phi) is 6.53. The monoisotopic (exact) mass is 435 g/mol. The summed E-state index contributed by atoms with van der Waals surface area (Å²) in [5.74, 6) is -3.29. The molecule has 0 radical (unpaired) electrons. The number of nitrogens with one attached hydrogen (secondary N) is 1. The summed E-state index contributed by atoms with van der Waals surface area (Å²) >= 11 is 0. The molecule has 1 N–H and O–H groups in total. The Hall–Kier alpha value is -3.09. The normalized spacial score (nSPS) is 12.1. The van der Waals surface area contributed by atoms with E-state index in [2.05, 4.69) is 19.2 Å². The van der Waals surface area contributed by atoms with Gasteiger partial charge in [-0.25, -0.2) is 0 Å². The van der Waals surface area contributed by atoms with Gasteiger partial charge in [-0.05, 0) is 47.4 Å². The number of ether oxygens (including phenoxy) is 1. The first-order valence-electron chi connectivity index (χ1n) is 9.72. The number of hydrogen-bond donors (Lipinski definition) is 1. The molecule has 0 spiro atoms. The van der Waals surface area contributed by atoms with Gasteiger partial charge in [-0.3, -0.25) is 0 Å². The van der Waals surface area contributed by atoms with E-state index in [4.69, 9.17) is 4.74 Å². The van der Waals surface area contributed by atoms with Crippen molar-refractivity contribution in [3.8, 4) is 11.5 Å². The molecular formula is C24H22F5NO. The van der Waals surface area contributed by atoms with Crippen LogP contribution in [0.5, 0.6) is 11.5 Å². The van der Waals surface area contributed by atoms with Gasteiger partial charge in [-0.2, -0.15) is 22.0 Å². The van der Waals surface area contributed by atoms with Crippen molar-refractivity contribution in [2.75, 3.05) is 5.32 Å². The van der Waals surface area contributed by atoms with Crippen LogP contribution in [0.3, 0.4) is 0 Å². The minimum atomic E-state index is -5.64. The lowest BCUT2D eigenvalue weighted by Gasteiger charge is -2.20. The molecule has 0 heterocycles. The summed E-state index contributed by atoms with van der Waals surface area (Å²) in [6, 6.07) is 19.1. The minimum Gasteiger partial charge on any atom is -0.457 e. The molecule has 164 valence electrons. The van der Waals surface area contributed by atoms with Gasteiger partial charge in [0.2, 0.25) is 0 Å². The van der Waals surface area contributed by atoms with E-state index in [-0.39, 0.29) is 6.54 Å². The van der Waals surface area contributed by atoms with Gasteiger partial charge < -0.3 is 10.1 Å². The van der Waals surface area contributed by atoms with Crippen LogP contribution in [-0.2, 0) is 12.5 Å². The molecule has 31 heavy (non-hydrogen) atoms. The Morgan fingerprint density at radius 2 is 1.45 bits per heavy atom. The van der Waals surface area contributed by atoms with Crippen LogP contribution < -0.4 is 10.1 Å². The molecule has 0 fully saturated rings. The maximum absolute atomic E-state index is 13.6. The van der Waals surface area contributed by atoms with Crippen molar-refractivity contribution in [3.05, 3.63) is 89.5 Å². The van der Waals surface area contributed by atoms with E-state index < -0.39 is 17.7 Å². The summed E-state index contributed by atoms with van der Waals surface area (Å²) in [5.41, 5.74) is 1.01. The number of benzene rings is 3. The molecule has 3 aromatic rings. The second-order valence-corrected chi connectivity index (χ2v) is 7.48. The van der Waals surface area contributed by atoms with E-state index in [1.807, 2.05) is 24.3 Å². The molecule has 0 atom stereocenters. The summed E-state index contributed by atoms with van der Waals surface area (Å²) in [5, 5.41) is 3.03. The standard InChI is InChI=1S/C24H22F5NO/c1-16(2)18-7-4-10-21(13-18)31-22-11-5-9-20(14-22)30-15-17-6-3-8-19(12-17)23(25,26)24(27,28)29/h3-14,16,30H,15H2,1-2H3. The first-order valence-corrected chi connectivity index (χ1v) is 9.72. The zero-order chi connectivity index (χ0) is 22.6. The molecular weight excluding hydrogens is 413 g/mol. The van der Waals surface area contributed by atoms with Gasteiger partial charge in [0.25, 0.3) is 0 Å². The first kappa shape index (κ1) is 22.6. The minimum absolute atomic E-state index is 0.0774. The fourth-order valence-corrected chi connectivity index (χ4v) is 2.99. The fourth-order valence-electron chi connectivity index (χ4n) is 2.99. The number of anilines is 1. The number of alkyl halides is 5. The molecule has 2 nitrogen and oxygen atoms in total. The van der Waals surface area contributed by atoms with Crippen LogP contribution in [0.2, 0.25) is 0 Å². The largest absolute Gasteiger partial charge is 0.458 e. The van der Waals surface area contributed by atoms with E-state index in [0.717, 1.165) is 17.7 Å². The van der Waals surface area contributed by atoms with Crippen molar-refractivity contribution in [3.63, 3.8) is 0 Å². The second kappa shape index (κ2) is 8.96. The quantitative estimate of drug-likeness (QED) is 0.381. The maximum atomic E-state index is 13.6. The van der Waals surface area contributed by atoms with Crippen LogP contribution >= 0.6 is 0 Å². The molecule has 0 saturated carbocycles. The Bertz CT molecular complexity index is 1030. The van der Waals surface area contributed by atoms with Gasteiger partial charge >= 0.3 is 12.1 Å². The second-order valence-electron chi connectivity index (χ2n) is 7.48. The van der Waals surface area contributed by atoms with E-state index in [9.17, 15) is 22.0 Å². The molecule has 7 heteroatoms. The zero-order valence-electron chi connectivity index (χ0n) is 17.0. The van der Waals surface area contributed by atoms with Crippen LogP contribution in [0.15, 0.2) is 72.8 Å². The van der Waals surface area contributed by atoms with E-state index in [1.54, 1.807) is 24.3 Å². The van der Waals surface area contributed by atoms with E-state index >= 15 is 0 Å². The predicted molar refractivity (Wildman–Crippen MR) is 111 cm³/mol. The fraction of sp³-hybridized carbons (Fsp3) is 0.250. The molecule has 0 unspecified atom stereocenters. The lowest BCUT2D eigenvalue weighted by Crippen LogP contribution is -2.33. The van der Waals surface area contributed by atoms with Crippen LogP contribution in [0, 0.1) is 0 Å². The van der Waals surface area contributed by atoms with Crippen molar-refractivity contribution in [2.45, 2.75) is 38.4 Å². The summed E-state index contributed by atoms with van der Waals surface area (Å²) in [6.45, 7) is 4.25. The van der Waals surface area contributed by atoms with Gasteiger partial charge in [0, 0.05) is 23.9 Å². The Morgan fingerprint density at radius 3 is 2.13 bits per heavy atom. The molecule has 0 saturated heterocycles. The SMILES string of the molecule is CC(C)c1cccc(Oc2cccc(NCc3cccc(C(F)(F)C(F)(F)F)c3)c2)c1. The number of hydrogen-bond acceptors (Lipinski definition) is 2. The Morgan fingerprint density at radius 1 is 0.806 bits per heavy atom. The molecule has 0 amide bonds. The van der Waals surface area contributed by atoms with Crippen molar-refractivity contribution in [1.82, 2.24) is 0 Å². The Balaban J connectivity index is 1.70. The first-order chi connectivity index (χ1) is 14.6. The third kappa shape index (κ3) is 5.54. The van der Waals surface area contributed by atoms with E-state index in [0.29, 0.717) is 28.7 Å². The molecule has 0 aliphatic carbocycles. The van der Waals surface area contributed by atoms with Crippen molar-refractivity contribution in [2.24, 2.45) is 0 Å². The maximum Gasteiger partial charge on any atom is 0.458 e. The topological polar surface area (TPSA) is 21.3 Å². The average Bonchev–Trinajstić information content (AvgIpc) is 2.72. The van der Waals surface area contributed by atoms with E-state index in [1.165, 1.54) is 12.1 Å². The van der Waals surface area contributed by atoms with Gasteiger partial charge in [0.05, 0.1) is 0 Å². The van der Waals surface area contributed by atoms with Crippen molar-refractivity contribution >= 4 is 5.69 Å². The zero-order valence-corrected chi connectivity index (χ0v) is 17.0. The highest BCUT2D eigenvalue weighted by Gasteiger charge is 2.58. The molecule has 3 rings (SSSR count). The third-order valence-corrected chi connectivity index (χ3v) is 4.74. The van der Waals surface area contributed by atoms with Gasteiger partial charge in [-0.15, -0.1) is 0 Å². The summed E-state index contributed by atoms with van der Waals surface area (Å²) in [4.78, 5) is 0. The smallest absolute Gasteiger partial charge is 0.457 e. The molecule has 0 aromatic heterocycles. The van der Waals surface area contributed by atoms with Gasteiger partial charge in [-0.1, -0.05) is 50.2 Å². The Labute approximate surface area is 177 Å². The molecule has 3 aromatic carbocycles. The molecule has 0 aliphatic heterocycles. The summed E-state index contributed by atoms with van der Waals surface area (Å²) in [7, 11) is 0. The molecule has 0 aliphatic rings. The number of halogens is 5. The van der Waals surface area contributed by atoms with Crippen LogP contribution in [-0.4, -0.2) is 6.18 Å². The highest BCUT2D eigenvalue weighted by molar-refractivity contribution is 5.50. The summed E-state index contributed by atoms with van der Waals surface area (Å²) < 4.78 is 70.9. The van der Waals surface area contributed by atoms with Gasteiger partial charge in [0.15, 0.2) is 0 Å². The van der Waals surface area contributed by atoms with Crippen molar-refractivity contribution in [1.29, 1.82) is 0 Å². The van der Waals surface area contributed by atoms with Crippen LogP contribution in [0.1, 0.15) is 36.5 Å². The van der Waals surface area contributed by atoms with Crippen LogP contribution in [0.4, 0.5) is 27.6 Å². The predicted octanol–water partition coefficient (Wildman–Crippen LogP) is 7.87. The van der Waals surface area contributed by atoms with Crippen LogP contribution in [0.25, 0.3) is 0 Å². The highest BCUT2D eigenvalue weighted by Crippen LogP contribution is 2.43. The van der Waals surface area contributed by atoms with Gasteiger partial charge in [0.1, 0.15) is 11.5 Å². The summed E-state index contributed by atoms with van der Waals surface area (Å²) in [6.07, 6.45) is -5.64. The third-order valence-electron chi connectivity index (χ3n) is 4.74. The number of rotatable bonds is 7.